The molecule has 0 saturated carbocycles. The van der Waals surface area contributed by atoms with Gasteiger partial charge in [0.25, 0.3) is 0 Å². The molecule has 0 atom stereocenters. The number of oxime groups is 1. The van der Waals surface area contributed by atoms with Crippen molar-refractivity contribution in [1.29, 1.82) is 0 Å². The van der Waals surface area contributed by atoms with Gasteiger partial charge in [0.05, 0.1) is 12.8 Å². The Kier molecular flexibility index (Phi) is 4.39. The van der Waals surface area contributed by atoms with Crippen molar-refractivity contribution in [1.82, 2.24) is 0 Å². The highest BCUT2D eigenvalue weighted by atomic mass is 16.5. The van der Waals surface area contributed by atoms with Crippen molar-refractivity contribution in [2.24, 2.45) is 5.16 Å². The fourth-order valence-electron chi connectivity index (χ4n) is 1.40. The number of hydrogen-bond acceptors (Lipinski definition) is 4. The predicted octanol–water partition coefficient (Wildman–Crippen LogP) is 2.33. The fourth-order valence-corrected chi connectivity index (χ4v) is 1.40. The summed E-state index contributed by atoms with van der Waals surface area (Å²) in [6.45, 7) is 6.05. The van der Waals surface area contributed by atoms with Crippen LogP contribution in [0.15, 0.2) is 29.9 Å². The number of phenols is 1. The summed E-state index contributed by atoms with van der Waals surface area (Å²) in [5.41, 5.74) is 1.34. The molecule has 1 rings (SSSR count). The average molecular weight is 221 g/mol. The Bertz CT molecular complexity index is 399. The van der Waals surface area contributed by atoms with E-state index in [9.17, 15) is 5.11 Å². The minimum absolute atomic E-state index is 0.0223. The molecule has 16 heavy (non-hydrogen) atoms. The summed E-state index contributed by atoms with van der Waals surface area (Å²) in [6.07, 6.45) is 3.55. The molecule has 0 aliphatic carbocycles. The van der Waals surface area contributed by atoms with Crippen molar-refractivity contribution >= 4 is 6.21 Å². The quantitative estimate of drug-likeness (QED) is 0.347. The summed E-state index contributed by atoms with van der Waals surface area (Å²) in [6, 6.07) is 3.22. The lowest BCUT2D eigenvalue weighted by Gasteiger charge is -2.10. The lowest BCUT2D eigenvalue weighted by Crippen LogP contribution is -1.98. The first-order valence-corrected chi connectivity index (χ1v) is 5.00. The topological polar surface area (TPSA) is 62.1 Å². The highest BCUT2D eigenvalue weighted by molar-refractivity contribution is 5.83. The van der Waals surface area contributed by atoms with Gasteiger partial charge in [0, 0.05) is 11.6 Å². The van der Waals surface area contributed by atoms with E-state index in [0.717, 1.165) is 5.56 Å². The smallest absolute Gasteiger partial charge is 0.128 e. The fraction of sp³-hybridized carbons (Fsp3) is 0.250. The van der Waals surface area contributed by atoms with Crippen molar-refractivity contribution in [2.75, 3.05) is 6.61 Å². The zero-order chi connectivity index (χ0) is 12.0. The number of hydrogen-bond donors (Lipinski definition) is 2. The molecule has 0 saturated heterocycles. The third kappa shape index (κ3) is 2.76. The molecule has 86 valence electrons. The van der Waals surface area contributed by atoms with Gasteiger partial charge in [-0.3, -0.25) is 0 Å². The van der Waals surface area contributed by atoms with E-state index in [1.54, 1.807) is 12.1 Å². The van der Waals surface area contributed by atoms with Crippen LogP contribution in [0.3, 0.4) is 0 Å². The number of rotatable bonds is 5. The highest BCUT2D eigenvalue weighted by Gasteiger charge is 2.08. The maximum absolute atomic E-state index is 9.63. The zero-order valence-corrected chi connectivity index (χ0v) is 9.18. The van der Waals surface area contributed by atoms with Crippen molar-refractivity contribution in [2.45, 2.75) is 13.3 Å². The van der Waals surface area contributed by atoms with E-state index in [1.165, 1.54) is 12.3 Å². The largest absolute Gasteiger partial charge is 0.507 e. The Morgan fingerprint density at radius 1 is 1.50 bits per heavy atom. The van der Waals surface area contributed by atoms with Crippen molar-refractivity contribution in [3.8, 4) is 11.5 Å². The summed E-state index contributed by atoms with van der Waals surface area (Å²) >= 11 is 0. The minimum Gasteiger partial charge on any atom is -0.507 e. The molecule has 0 spiro atoms. The second kappa shape index (κ2) is 5.80. The molecule has 0 bridgehead atoms. The summed E-state index contributed by atoms with van der Waals surface area (Å²) in [7, 11) is 0. The standard InChI is InChI=1S/C12H15NO3/c1-3-5-9-6-10(8-13-15)11(14)7-12(9)16-4-2/h3,6-8,14-15H,1,4-5H2,2H3/b13-8+. The normalized spacial score (nSPS) is 10.6. The summed E-state index contributed by atoms with van der Waals surface area (Å²) in [5.74, 6) is 0.643. The maximum atomic E-state index is 9.63. The first-order chi connectivity index (χ1) is 7.72. The number of nitrogens with zero attached hydrogens (tertiary/aromatic N) is 1. The van der Waals surface area contributed by atoms with E-state index in [2.05, 4.69) is 11.7 Å². The summed E-state index contributed by atoms with van der Waals surface area (Å²) in [4.78, 5) is 0. The SMILES string of the molecule is C=CCc1cc(/C=N/O)c(O)cc1OCC. The van der Waals surface area contributed by atoms with E-state index in [1.807, 2.05) is 6.92 Å². The van der Waals surface area contributed by atoms with Gasteiger partial charge < -0.3 is 15.1 Å². The van der Waals surface area contributed by atoms with Gasteiger partial charge >= 0.3 is 0 Å². The molecule has 1 aromatic carbocycles. The van der Waals surface area contributed by atoms with Crippen LogP contribution in [0.2, 0.25) is 0 Å². The number of aromatic hydroxyl groups is 1. The Morgan fingerprint density at radius 2 is 2.25 bits per heavy atom. The van der Waals surface area contributed by atoms with Crippen molar-refractivity contribution in [3.63, 3.8) is 0 Å². The second-order valence-corrected chi connectivity index (χ2v) is 3.19. The lowest BCUT2D eigenvalue weighted by atomic mass is 10.1. The maximum Gasteiger partial charge on any atom is 0.128 e. The van der Waals surface area contributed by atoms with Crippen LogP contribution < -0.4 is 4.74 Å². The van der Waals surface area contributed by atoms with Crippen LogP contribution in [-0.4, -0.2) is 23.1 Å². The van der Waals surface area contributed by atoms with Gasteiger partial charge in [-0.1, -0.05) is 11.2 Å². The Morgan fingerprint density at radius 3 is 2.81 bits per heavy atom. The molecule has 4 heteroatoms. The van der Waals surface area contributed by atoms with Crippen LogP contribution in [-0.2, 0) is 6.42 Å². The van der Waals surface area contributed by atoms with Crippen LogP contribution in [0.5, 0.6) is 11.5 Å². The monoisotopic (exact) mass is 221 g/mol. The Hall–Kier alpha value is -1.97. The summed E-state index contributed by atoms with van der Waals surface area (Å²) < 4.78 is 5.39. The molecule has 2 N–H and O–H groups in total. The molecule has 0 aliphatic heterocycles. The van der Waals surface area contributed by atoms with E-state index in [4.69, 9.17) is 9.94 Å². The Labute approximate surface area is 94.5 Å². The van der Waals surface area contributed by atoms with E-state index in [0.29, 0.717) is 24.3 Å². The average Bonchev–Trinajstić information content (AvgIpc) is 2.25. The van der Waals surface area contributed by atoms with E-state index in [-0.39, 0.29) is 5.75 Å². The highest BCUT2D eigenvalue weighted by Crippen LogP contribution is 2.28. The van der Waals surface area contributed by atoms with E-state index >= 15 is 0 Å². The third-order valence-electron chi connectivity index (χ3n) is 2.07. The molecule has 0 fully saturated rings. The number of phenolic OH excluding ortho intramolecular Hbond substituents is 1. The molecule has 0 aliphatic rings. The summed E-state index contributed by atoms with van der Waals surface area (Å²) in [5, 5.41) is 21.0. The number of allylic oxidation sites excluding steroid dienone is 1. The van der Waals surface area contributed by atoms with Gasteiger partial charge in [-0.05, 0) is 25.0 Å². The molecular formula is C12H15NO3. The van der Waals surface area contributed by atoms with Gasteiger partial charge in [-0.2, -0.15) is 0 Å². The van der Waals surface area contributed by atoms with Gasteiger partial charge in [0.15, 0.2) is 0 Å². The van der Waals surface area contributed by atoms with Crippen LogP contribution in [0, 0.1) is 0 Å². The molecule has 0 radical (unpaired) electrons. The van der Waals surface area contributed by atoms with Crippen LogP contribution in [0.4, 0.5) is 0 Å². The van der Waals surface area contributed by atoms with Crippen molar-refractivity contribution in [3.05, 3.63) is 35.9 Å². The second-order valence-electron chi connectivity index (χ2n) is 3.19. The molecule has 4 nitrogen and oxygen atoms in total. The molecule has 0 heterocycles. The molecule has 1 aromatic rings. The van der Waals surface area contributed by atoms with E-state index < -0.39 is 0 Å². The van der Waals surface area contributed by atoms with Gasteiger partial charge in [0.1, 0.15) is 11.5 Å². The number of ether oxygens (including phenoxy) is 1. The van der Waals surface area contributed by atoms with Crippen molar-refractivity contribution < 1.29 is 15.1 Å². The molecule has 0 unspecified atom stereocenters. The van der Waals surface area contributed by atoms with Crippen LogP contribution in [0.1, 0.15) is 18.1 Å². The van der Waals surface area contributed by atoms with Gasteiger partial charge in [-0.25, -0.2) is 0 Å². The van der Waals surface area contributed by atoms with Crippen LogP contribution in [0.25, 0.3) is 0 Å². The minimum atomic E-state index is 0.0223. The molecule has 0 aromatic heterocycles. The zero-order valence-electron chi connectivity index (χ0n) is 9.18. The Balaban J connectivity index is 3.18. The molecule has 0 amide bonds. The lowest BCUT2D eigenvalue weighted by molar-refractivity contribution is 0.321. The van der Waals surface area contributed by atoms with Gasteiger partial charge in [-0.15, -0.1) is 6.58 Å². The third-order valence-corrected chi connectivity index (χ3v) is 2.07. The molecular weight excluding hydrogens is 206 g/mol. The number of benzene rings is 1. The predicted molar refractivity (Wildman–Crippen MR) is 62.6 cm³/mol. The first-order valence-electron chi connectivity index (χ1n) is 5.00. The first kappa shape index (κ1) is 12.1. The van der Waals surface area contributed by atoms with Gasteiger partial charge in [0.2, 0.25) is 0 Å². The van der Waals surface area contributed by atoms with Crippen LogP contribution >= 0.6 is 0 Å².